The van der Waals surface area contributed by atoms with Gasteiger partial charge in [0.2, 0.25) is 5.95 Å². The predicted molar refractivity (Wildman–Crippen MR) is 160 cm³/mol. The number of fused-ring (bicyclic) bond motifs is 4. The van der Waals surface area contributed by atoms with Crippen LogP contribution >= 0.6 is 0 Å². The van der Waals surface area contributed by atoms with Gasteiger partial charge in [-0.25, -0.2) is 13.8 Å². The van der Waals surface area contributed by atoms with Crippen LogP contribution in [0.5, 0.6) is 0 Å². The van der Waals surface area contributed by atoms with Gasteiger partial charge in [-0.1, -0.05) is 12.0 Å². The number of halogens is 2. The van der Waals surface area contributed by atoms with Crippen molar-refractivity contribution < 1.29 is 18.3 Å². The smallest absolute Gasteiger partial charge is 0.228 e. The Morgan fingerprint density at radius 1 is 1.05 bits per heavy atom. The van der Waals surface area contributed by atoms with Crippen molar-refractivity contribution in [3.63, 3.8) is 0 Å². The SMILES string of the molecule is C#Cc1c(F)ccc2cc(C(C)(C)C#N)cc(-c3ncc4c(N5C[C@H]6CC[C@@H](C5)O6)nc(N5CCOCC5)nc4c3F)c12. The minimum Gasteiger partial charge on any atom is -0.378 e. The van der Waals surface area contributed by atoms with Crippen LogP contribution in [0.2, 0.25) is 0 Å². The van der Waals surface area contributed by atoms with E-state index in [1.54, 1.807) is 38.2 Å². The average Bonchev–Trinajstić information content (AvgIpc) is 3.37. The van der Waals surface area contributed by atoms with Crippen LogP contribution in [0.4, 0.5) is 20.5 Å². The number of terminal acetylenes is 1. The maximum atomic E-state index is 16.9. The van der Waals surface area contributed by atoms with E-state index < -0.39 is 17.0 Å². The fraction of sp³-hybridized carbons (Fsp3) is 0.394. The van der Waals surface area contributed by atoms with Gasteiger partial charge in [-0.3, -0.25) is 4.98 Å². The Morgan fingerprint density at radius 2 is 1.79 bits per heavy atom. The van der Waals surface area contributed by atoms with E-state index in [4.69, 9.17) is 25.9 Å². The lowest BCUT2D eigenvalue weighted by Gasteiger charge is -2.34. The highest BCUT2D eigenvalue weighted by Crippen LogP contribution is 2.40. The molecular weight excluding hydrogens is 550 g/mol. The fourth-order valence-electron chi connectivity index (χ4n) is 6.35. The predicted octanol–water partition coefficient (Wildman–Crippen LogP) is 5.11. The van der Waals surface area contributed by atoms with Crippen LogP contribution in [0, 0.1) is 35.3 Å². The maximum absolute atomic E-state index is 16.9. The van der Waals surface area contributed by atoms with Crippen molar-refractivity contribution in [1.82, 2.24) is 15.0 Å². The number of morpholine rings is 2. The lowest BCUT2D eigenvalue weighted by molar-refractivity contribution is 0.0303. The number of hydrogen-bond acceptors (Lipinski definition) is 8. The summed E-state index contributed by atoms with van der Waals surface area (Å²) >= 11 is 0. The Kier molecular flexibility index (Phi) is 6.65. The topological polar surface area (TPSA) is 87.4 Å². The van der Waals surface area contributed by atoms with Gasteiger partial charge in [0.1, 0.15) is 22.8 Å². The van der Waals surface area contributed by atoms with E-state index in [0.717, 1.165) is 12.8 Å². The molecule has 4 aromatic rings. The molecule has 43 heavy (non-hydrogen) atoms. The molecular formula is C33H30F2N6O2. The quantitative estimate of drug-likeness (QED) is 0.308. The van der Waals surface area contributed by atoms with Crippen LogP contribution in [-0.4, -0.2) is 66.6 Å². The van der Waals surface area contributed by atoms with E-state index in [0.29, 0.717) is 78.4 Å². The Bertz CT molecular complexity index is 1850. The lowest BCUT2D eigenvalue weighted by Crippen LogP contribution is -2.43. The van der Waals surface area contributed by atoms with Crippen molar-refractivity contribution in [2.24, 2.45) is 0 Å². The summed E-state index contributed by atoms with van der Waals surface area (Å²) < 4.78 is 43.5. The molecule has 3 fully saturated rings. The molecule has 3 aliphatic heterocycles. The summed E-state index contributed by atoms with van der Waals surface area (Å²) in [4.78, 5) is 18.4. The molecule has 7 rings (SSSR count). The third kappa shape index (κ3) is 4.62. The second kappa shape index (κ2) is 10.4. The molecule has 5 heterocycles. The van der Waals surface area contributed by atoms with Crippen LogP contribution in [0.1, 0.15) is 37.8 Å². The lowest BCUT2D eigenvalue weighted by atomic mass is 9.82. The zero-order valence-corrected chi connectivity index (χ0v) is 24.0. The molecule has 0 saturated carbocycles. The zero-order chi connectivity index (χ0) is 29.9. The number of nitriles is 1. The highest BCUT2D eigenvalue weighted by Gasteiger charge is 2.36. The van der Waals surface area contributed by atoms with Gasteiger partial charge in [0.05, 0.1) is 47.9 Å². The third-order valence-electron chi connectivity index (χ3n) is 8.76. The minimum absolute atomic E-state index is 0.0104. The first-order valence-corrected chi connectivity index (χ1v) is 14.5. The first-order chi connectivity index (χ1) is 20.8. The third-order valence-corrected chi connectivity index (χ3v) is 8.76. The molecule has 218 valence electrons. The summed E-state index contributed by atoms with van der Waals surface area (Å²) in [5.41, 5.74) is 0.142. The van der Waals surface area contributed by atoms with Crippen molar-refractivity contribution in [3.05, 3.63) is 53.2 Å². The largest absolute Gasteiger partial charge is 0.378 e. The van der Waals surface area contributed by atoms with Crippen LogP contribution in [0.15, 0.2) is 30.5 Å². The highest BCUT2D eigenvalue weighted by molar-refractivity contribution is 6.03. The molecule has 0 aliphatic carbocycles. The average molecular weight is 581 g/mol. The molecule has 0 unspecified atom stereocenters. The first-order valence-electron chi connectivity index (χ1n) is 14.5. The van der Waals surface area contributed by atoms with Crippen molar-refractivity contribution >= 4 is 33.4 Å². The van der Waals surface area contributed by atoms with Gasteiger partial charge in [0.15, 0.2) is 5.82 Å². The molecule has 2 atom stereocenters. The van der Waals surface area contributed by atoms with Crippen LogP contribution < -0.4 is 9.80 Å². The number of benzene rings is 2. The number of pyridine rings is 1. The van der Waals surface area contributed by atoms with E-state index >= 15 is 4.39 Å². The molecule has 0 amide bonds. The molecule has 3 saturated heterocycles. The number of aromatic nitrogens is 3. The summed E-state index contributed by atoms with van der Waals surface area (Å²) in [5.74, 6) is 2.22. The normalized spacial score (nSPS) is 20.4. The summed E-state index contributed by atoms with van der Waals surface area (Å²) in [6.45, 7) is 7.06. The Balaban J connectivity index is 1.49. The van der Waals surface area contributed by atoms with E-state index in [1.165, 1.54) is 6.07 Å². The van der Waals surface area contributed by atoms with Gasteiger partial charge >= 0.3 is 0 Å². The van der Waals surface area contributed by atoms with Crippen molar-refractivity contribution in [3.8, 4) is 29.7 Å². The van der Waals surface area contributed by atoms with Crippen molar-refractivity contribution in [1.29, 1.82) is 5.26 Å². The van der Waals surface area contributed by atoms with Crippen LogP contribution in [-0.2, 0) is 14.9 Å². The molecule has 2 bridgehead atoms. The number of nitrogens with zero attached hydrogens (tertiary/aromatic N) is 6. The second-order valence-corrected chi connectivity index (χ2v) is 11.9. The number of ether oxygens (including phenoxy) is 2. The summed E-state index contributed by atoms with van der Waals surface area (Å²) in [6.07, 6.45) is 9.51. The summed E-state index contributed by atoms with van der Waals surface area (Å²) in [6, 6.07) is 8.67. The van der Waals surface area contributed by atoms with Gasteiger partial charge in [0.25, 0.3) is 0 Å². The molecule has 0 radical (unpaired) electrons. The Morgan fingerprint density at radius 3 is 2.49 bits per heavy atom. The standard InChI is InChI=1S/C33H30F2N6O2/c1-4-23-26(34)8-5-19-13-20(33(2,3)18-36)14-24(27(19)23)29-28(35)30-25(15-37-29)31(41-16-21-6-7-22(17-41)43-21)39-32(38-30)40-9-11-42-12-10-40/h1,5,8,13-15,21-22H,6-7,9-12,16-17H2,2-3H3/t21-,22+. The highest BCUT2D eigenvalue weighted by atomic mass is 19.1. The molecule has 2 aromatic heterocycles. The minimum atomic E-state index is -0.907. The van der Waals surface area contributed by atoms with E-state index in [2.05, 4.69) is 21.9 Å². The summed E-state index contributed by atoms with van der Waals surface area (Å²) in [5, 5.41) is 11.3. The molecule has 3 aliphatic rings. The number of anilines is 2. The number of hydrogen-bond donors (Lipinski definition) is 0. The van der Waals surface area contributed by atoms with E-state index in [9.17, 15) is 9.65 Å². The fourth-order valence-corrected chi connectivity index (χ4v) is 6.35. The molecule has 2 aromatic carbocycles. The van der Waals surface area contributed by atoms with Crippen molar-refractivity contribution in [2.75, 3.05) is 49.2 Å². The Labute approximate surface area is 248 Å². The van der Waals surface area contributed by atoms with Crippen molar-refractivity contribution in [2.45, 2.75) is 44.3 Å². The zero-order valence-electron chi connectivity index (χ0n) is 24.0. The van der Waals surface area contributed by atoms with Gasteiger partial charge in [-0.2, -0.15) is 10.2 Å². The van der Waals surface area contributed by atoms with E-state index in [-0.39, 0.29) is 29.0 Å². The van der Waals surface area contributed by atoms with Crippen LogP contribution in [0.25, 0.3) is 32.9 Å². The first kappa shape index (κ1) is 27.5. The van der Waals surface area contributed by atoms with Gasteiger partial charge in [-0.15, -0.1) is 6.42 Å². The second-order valence-electron chi connectivity index (χ2n) is 11.9. The van der Waals surface area contributed by atoms with Gasteiger partial charge < -0.3 is 19.3 Å². The monoisotopic (exact) mass is 580 g/mol. The van der Waals surface area contributed by atoms with Crippen LogP contribution in [0.3, 0.4) is 0 Å². The van der Waals surface area contributed by atoms with Gasteiger partial charge in [-0.05, 0) is 55.8 Å². The number of rotatable bonds is 4. The molecule has 0 N–H and O–H groups in total. The Hall–Kier alpha value is -4.38. The molecule has 8 nitrogen and oxygen atoms in total. The summed E-state index contributed by atoms with van der Waals surface area (Å²) in [7, 11) is 0. The molecule has 0 spiro atoms. The maximum Gasteiger partial charge on any atom is 0.228 e. The van der Waals surface area contributed by atoms with Gasteiger partial charge in [0, 0.05) is 43.3 Å². The van der Waals surface area contributed by atoms with E-state index in [1.807, 2.05) is 4.90 Å². The molecule has 10 heteroatoms.